The molecule has 6 heteroatoms. The van der Waals surface area contributed by atoms with Gasteiger partial charge in [0, 0.05) is 18.0 Å². The lowest BCUT2D eigenvalue weighted by Crippen LogP contribution is -2.38. The second kappa shape index (κ2) is 16.8. The van der Waals surface area contributed by atoms with Crippen molar-refractivity contribution in [2.75, 3.05) is 13.2 Å². The second-order valence-electron chi connectivity index (χ2n) is 11.8. The maximum absolute atomic E-state index is 12.6. The van der Waals surface area contributed by atoms with E-state index in [1.54, 1.807) is 12.1 Å². The van der Waals surface area contributed by atoms with E-state index in [0.717, 1.165) is 30.7 Å². The number of esters is 1. The first-order valence-electron chi connectivity index (χ1n) is 16.0. The minimum Gasteiger partial charge on any atom is -0.426 e. The third-order valence-corrected chi connectivity index (χ3v) is 8.63. The van der Waals surface area contributed by atoms with Gasteiger partial charge >= 0.3 is 5.97 Å². The van der Waals surface area contributed by atoms with Gasteiger partial charge in [-0.3, -0.25) is 4.79 Å². The number of hydrogen-bond donors (Lipinski definition) is 0. The molecule has 1 saturated heterocycles. The number of benzene rings is 1. The van der Waals surface area contributed by atoms with Gasteiger partial charge in [-0.15, -0.1) is 0 Å². The van der Waals surface area contributed by atoms with Crippen molar-refractivity contribution >= 4 is 5.97 Å². The molecule has 1 aromatic carbocycles. The molecule has 6 nitrogen and oxygen atoms in total. The van der Waals surface area contributed by atoms with Gasteiger partial charge in [0.1, 0.15) is 11.7 Å². The van der Waals surface area contributed by atoms with Gasteiger partial charge < -0.3 is 14.2 Å². The maximum Gasteiger partial charge on any atom is 0.319 e. The van der Waals surface area contributed by atoms with E-state index in [1.807, 2.05) is 24.5 Å². The van der Waals surface area contributed by atoms with Crippen molar-refractivity contribution in [3.05, 3.63) is 42.2 Å². The largest absolute Gasteiger partial charge is 0.426 e. The first-order valence-corrected chi connectivity index (χ1v) is 16.0. The van der Waals surface area contributed by atoms with Crippen molar-refractivity contribution in [1.29, 1.82) is 0 Å². The summed E-state index contributed by atoms with van der Waals surface area (Å²) in [5.74, 6) is 1.97. The van der Waals surface area contributed by atoms with Gasteiger partial charge in [0.15, 0.2) is 12.1 Å². The Labute approximate surface area is 241 Å². The molecule has 0 bridgehead atoms. The SMILES string of the molecule is CCCCCCCCC1CCC(c2cnc(-c3ccc(OC(=O)C4COC(CCCCC)OC4)cc3)nc2)CC1. The predicted octanol–water partition coefficient (Wildman–Crippen LogP) is 8.64. The van der Waals surface area contributed by atoms with Crippen molar-refractivity contribution in [1.82, 2.24) is 9.97 Å². The average Bonchev–Trinajstić information content (AvgIpc) is 3.00. The number of unbranched alkanes of at least 4 members (excludes halogenated alkanes) is 7. The first kappa shape index (κ1) is 30.6. The third-order valence-electron chi connectivity index (χ3n) is 8.63. The van der Waals surface area contributed by atoms with E-state index in [-0.39, 0.29) is 12.3 Å². The molecule has 0 radical (unpaired) electrons. The molecule has 1 aliphatic heterocycles. The Kier molecular flexibility index (Phi) is 12.9. The Balaban J connectivity index is 1.17. The van der Waals surface area contributed by atoms with E-state index in [2.05, 4.69) is 23.8 Å². The Hall–Kier alpha value is -2.31. The molecule has 2 aliphatic rings. The lowest BCUT2D eigenvalue weighted by molar-refractivity contribution is -0.208. The number of carbonyl (C=O) groups is 1. The fourth-order valence-corrected chi connectivity index (χ4v) is 5.97. The van der Waals surface area contributed by atoms with E-state index in [1.165, 1.54) is 82.6 Å². The average molecular weight is 551 g/mol. The Bertz CT molecular complexity index is 978. The molecule has 0 N–H and O–H groups in total. The zero-order valence-corrected chi connectivity index (χ0v) is 24.8. The highest BCUT2D eigenvalue weighted by Gasteiger charge is 2.29. The Morgan fingerprint density at radius 1 is 0.800 bits per heavy atom. The van der Waals surface area contributed by atoms with Gasteiger partial charge in [-0.1, -0.05) is 71.6 Å². The molecule has 1 aliphatic carbocycles. The van der Waals surface area contributed by atoms with Crippen LogP contribution in [0.25, 0.3) is 11.4 Å². The van der Waals surface area contributed by atoms with Crippen LogP contribution in [0.15, 0.2) is 36.7 Å². The predicted molar refractivity (Wildman–Crippen MR) is 159 cm³/mol. The summed E-state index contributed by atoms with van der Waals surface area (Å²) in [6.45, 7) is 5.14. The molecular formula is C34H50N2O4. The van der Waals surface area contributed by atoms with Crippen molar-refractivity contribution in [3.63, 3.8) is 0 Å². The summed E-state index contributed by atoms with van der Waals surface area (Å²) in [5.41, 5.74) is 2.17. The molecule has 0 unspecified atom stereocenters. The number of ether oxygens (including phenoxy) is 3. The number of rotatable bonds is 15. The molecule has 1 saturated carbocycles. The van der Waals surface area contributed by atoms with Crippen LogP contribution >= 0.6 is 0 Å². The summed E-state index contributed by atoms with van der Waals surface area (Å²) in [6, 6.07) is 7.41. The van der Waals surface area contributed by atoms with E-state index in [0.29, 0.717) is 30.7 Å². The van der Waals surface area contributed by atoms with Gasteiger partial charge in [-0.25, -0.2) is 9.97 Å². The van der Waals surface area contributed by atoms with Crippen molar-refractivity contribution in [2.24, 2.45) is 11.8 Å². The van der Waals surface area contributed by atoms with Gasteiger partial charge in [-0.05, 0) is 80.2 Å². The lowest BCUT2D eigenvalue weighted by Gasteiger charge is -2.28. The number of hydrogen-bond acceptors (Lipinski definition) is 6. The summed E-state index contributed by atoms with van der Waals surface area (Å²) >= 11 is 0. The van der Waals surface area contributed by atoms with Crippen molar-refractivity contribution in [3.8, 4) is 17.1 Å². The van der Waals surface area contributed by atoms with Crippen LogP contribution in [-0.2, 0) is 14.3 Å². The molecule has 1 aromatic heterocycles. The second-order valence-corrected chi connectivity index (χ2v) is 11.8. The molecule has 2 heterocycles. The Morgan fingerprint density at radius 2 is 1.40 bits per heavy atom. The summed E-state index contributed by atoms with van der Waals surface area (Å²) in [5, 5.41) is 0. The normalized spacial score (nSPS) is 23.1. The highest BCUT2D eigenvalue weighted by molar-refractivity contribution is 5.75. The zero-order chi connectivity index (χ0) is 28.0. The van der Waals surface area contributed by atoms with Gasteiger partial charge in [0.05, 0.1) is 13.2 Å². The van der Waals surface area contributed by atoms with Crippen LogP contribution in [0.2, 0.25) is 0 Å². The molecule has 4 rings (SSSR count). The van der Waals surface area contributed by atoms with Gasteiger partial charge in [0.2, 0.25) is 0 Å². The topological polar surface area (TPSA) is 70.5 Å². The summed E-state index contributed by atoms with van der Waals surface area (Å²) < 4.78 is 17.0. The van der Waals surface area contributed by atoms with Crippen molar-refractivity contribution < 1.29 is 19.0 Å². The minimum absolute atomic E-state index is 0.203. The zero-order valence-electron chi connectivity index (χ0n) is 24.8. The number of carbonyl (C=O) groups excluding carboxylic acids is 1. The van der Waals surface area contributed by atoms with Crippen LogP contribution < -0.4 is 4.74 Å². The van der Waals surface area contributed by atoms with E-state index in [4.69, 9.17) is 14.2 Å². The van der Waals surface area contributed by atoms with Crippen LogP contribution in [0.5, 0.6) is 5.75 Å². The molecule has 40 heavy (non-hydrogen) atoms. The van der Waals surface area contributed by atoms with E-state index < -0.39 is 5.92 Å². The summed E-state index contributed by atoms with van der Waals surface area (Å²) in [7, 11) is 0. The standard InChI is InChI=1S/C34H50N2O4/c1-3-5-7-8-9-11-12-26-14-16-27(17-15-26)29-22-35-33(36-23-29)28-18-20-31(21-19-28)40-34(37)30-24-38-32(39-25-30)13-10-6-4-2/h18-23,26-27,30,32H,3-17,24-25H2,1-2H3. The number of aromatic nitrogens is 2. The number of nitrogens with zero attached hydrogens (tertiary/aromatic N) is 2. The molecule has 2 aromatic rings. The summed E-state index contributed by atoms with van der Waals surface area (Å²) in [6.07, 6.45) is 23.0. The van der Waals surface area contributed by atoms with Crippen LogP contribution in [0.4, 0.5) is 0 Å². The molecule has 220 valence electrons. The van der Waals surface area contributed by atoms with E-state index in [9.17, 15) is 4.79 Å². The van der Waals surface area contributed by atoms with E-state index >= 15 is 0 Å². The quantitative estimate of drug-likeness (QED) is 0.126. The Morgan fingerprint density at radius 3 is 2.08 bits per heavy atom. The smallest absolute Gasteiger partial charge is 0.319 e. The minimum atomic E-state index is -0.399. The molecular weight excluding hydrogens is 500 g/mol. The maximum atomic E-state index is 12.6. The summed E-state index contributed by atoms with van der Waals surface area (Å²) in [4.78, 5) is 21.9. The highest BCUT2D eigenvalue weighted by Crippen LogP contribution is 2.37. The molecule has 0 spiro atoms. The van der Waals surface area contributed by atoms with Crippen LogP contribution in [0.3, 0.4) is 0 Å². The lowest BCUT2D eigenvalue weighted by atomic mass is 9.77. The van der Waals surface area contributed by atoms with Crippen molar-refractivity contribution in [2.45, 2.75) is 122 Å². The van der Waals surface area contributed by atoms with Crippen LogP contribution in [0.1, 0.15) is 122 Å². The van der Waals surface area contributed by atoms with Gasteiger partial charge in [-0.2, -0.15) is 0 Å². The highest BCUT2D eigenvalue weighted by atomic mass is 16.7. The van der Waals surface area contributed by atoms with Gasteiger partial charge in [0.25, 0.3) is 0 Å². The molecule has 0 amide bonds. The molecule has 0 atom stereocenters. The van der Waals surface area contributed by atoms with Crippen LogP contribution in [-0.4, -0.2) is 35.4 Å². The first-order chi connectivity index (χ1) is 19.7. The third kappa shape index (κ3) is 9.66. The fourth-order valence-electron chi connectivity index (χ4n) is 5.97. The monoisotopic (exact) mass is 550 g/mol. The molecule has 2 fully saturated rings. The fraction of sp³-hybridized carbons (Fsp3) is 0.676. The van der Waals surface area contributed by atoms with Crippen LogP contribution in [0, 0.1) is 11.8 Å².